The monoisotopic (exact) mass is 830 g/mol. The first kappa shape index (κ1) is 38.2. The Morgan fingerprint density at radius 1 is 0.215 bits per heavy atom. The summed E-state index contributed by atoms with van der Waals surface area (Å²) >= 11 is 0. The van der Waals surface area contributed by atoms with Gasteiger partial charge in [0, 0.05) is 16.2 Å². The van der Waals surface area contributed by atoms with Crippen LogP contribution in [0, 0.1) is 0 Å². The zero-order valence-corrected chi connectivity index (χ0v) is 38.0. The van der Waals surface area contributed by atoms with E-state index in [0.717, 1.165) is 0 Å². The molecule has 65 heavy (non-hydrogen) atoms. The van der Waals surface area contributed by atoms with Gasteiger partial charge >= 0.3 is 0 Å². The lowest BCUT2D eigenvalue weighted by Gasteiger charge is -2.26. The fraction of sp³-hybridized carbons (Fsp3) is 0.138. The van der Waals surface area contributed by atoms with E-state index in [1.165, 1.54) is 133 Å². The summed E-state index contributed by atoms with van der Waals surface area (Å²) in [7, 11) is 0. The van der Waals surface area contributed by atoms with Gasteiger partial charge in [0.2, 0.25) is 0 Å². The lowest BCUT2D eigenvalue weighted by Crippen LogP contribution is -2.15. The van der Waals surface area contributed by atoms with Crippen molar-refractivity contribution in [2.24, 2.45) is 0 Å². The van der Waals surface area contributed by atoms with Crippen LogP contribution in [0.15, 0.2) is 194 Å². The number of fused-ring (bicyclic) bond motifs is 11. The maximum Gasteiger partial charge on any atom is 0.0159 e. The number of rotatable bonds is 4. The second kappa shape index (κ2) is 13.4. The van der Waals surface area contributed by atoms with Gasteiger partial charge in [0.05, 0.1) is 0 Å². The Kier molecular flexibility index (Phi) is 7.86. The van der Waals surface area contributed by atoms with E-state index >= 15 is 0 Å². The van der Waals surface area contributed by atoms with Gasteiger partial charge in [-0.05, 0) is 163 Å². The van der Waals surface area contributed by atoms with E-state index in [1.807, 2.05) is 0 Å². The Bertz CT molecular complexity index is 3670. The SMILES string of the molecule is CC1(C)c2ccccc2-c2ccc(-c3c4ccc(-c5ccccc5-c5ccccc5)cc4c(-c4ccc5c(c4)C(C)(C)c4ccccc4-5)c4cc5c(cc34)-c3ccccc3C5(C)C)cc21. The second-order valence-corrected chi connectivity index (χ2v) is 20.4. The molecule has 0 spiro atoms. The molecule has 0 fully saturated rings. The van der Waals surface area contributed by atoms with Crippen molar-refractivity contribution in [1.29, 1.82) is 0 Å². The van der Waals surface area contributed by atoms with Crippen molar-refractivity contribution in [2.75, 3.05) is 0 Å². The molecular weight excluding hydrogens is 781 g/mol. The standard InChI is InChI=1S/C65H50/c1-63(2)55-25-15-12-22-45(55)48-31-29-41(35-58(48)63)61-50-33-28-40(44-21-11-10-20-43(44)39-18-8-7-9-19-39)34-52(50)62(42-30-32-49-46-23-13-16-26-56(46)64(3,4)59(49)36-42)54-38-60-51(37-53(54)61)47-24-14-17-27-57(47)65(60,5)6/h7-38H,1-6H3. The molecule has 0 aliphatic heterocycles. The Morgan fingerprint density at radius 2 is 0.585 bits per heavy atom. The number of hydrogen-bond acceptors (Lipinski definition) is 0. The molecule has 0 heteroatoms. The van der Waals surface area contributed by atoms with Gasteiger partial charge in [0.25, 0.3) is 0 Å². The van der Waals surface area contributed by atoms with Crippen LogP contribution < -0.4 is 0 Å². The van der Waals surface area contributed by atoms with Crippen molar-refractivity contribution in [1.82, 2.24) is 0 Å². The summed E-state index contributed by atoms with van der Waals surface area (Å²) in [6, 6.07) is 74.1. The van der Waals surface area contributed by atoms with E-state index in [2.05, 4.69) is 236 Å². The van der Waals surface area contributed by atoms with Gasteiger partial charge in [-0.3, -0.25) is 0 Å². The van der Waals surface area contributed by atoms with Crippen molar-refractivity contribution in [2.45, 2.75) is 57.8 Å². The molecule has 0 bridgehead atoms. The lowest BCUT2D eigenvalue weighted by molar-refractivity contribution is 0.660. The summed E-state index contributed by atoms with van der Waals surface area (Å²) in [4.78, 5) is 0. The van der Waals surface area contributed by atoms with Crippen LogP contribution in [0.4, 0.5) is 0 Å². The largest absolute Gasteiger partial charge is 0.0622 e. The topological polar surface area (TPSA) is 0 Å². The second-order valence-electron chi connectivity index (χ2n) is 20.4. The minimum atomic E-state index is -0.159. The van der Waals surface area contributed by atoms with Crippen molar-refractivity contribution in [3.05, 3.63) is 228 Å². The molecule has 10 aromatic rings. The van der Waals surface area contributed by atoms with Gasteiger partial charge in [0.15, 0.2) is 0 Å². The first-order chi connectivity index (χ1) is 31.5. The van der Waals surface area contributed by atoms with Gasteiger partial charge < -0.3 is 0 Å². The smallest absolute Gasteiger partial charge is 0.0159 e. The average molecular weight is 831 g/mol. The molecule has 0 unspecified atom stereocenters. The van der Waals surface area contributed by atoms with Crippen LogP contribution in [0.2, 0.25) is 0 Å². The molecule has 0 saturated heterocycles. The highest BCUT2D eigenvalue weighted by molar-refractivity contribution is 6.23. The van der Waals surface area contributed by atoms with Gasteiger partial charge in [0.1, 0.15) is 0 Å². The maximum atomic E-state index is 2.59. The van der Waals surface area contributed by atoms with Crippen LogP contribution in [0.1, 0.15) is 74.9 Å². The van der Waals surface area contributed by atoms with E-state index in [4.69, 9.17) is 0 Å². The first-order valence-electron chi connectivity index (χ1n) is 23.3. The molecule has 0 heterocycles. The molecule has 0 atom stereocenters. The predicted octanol–water partition coefficient (Wildman–Crippen LogP) is 17.6. The van der Waals surface area contributed by atoms with Crippen LogP contribution >= 0.6 is 0 Å². The molecule has 0 amide bonds. The molecule has 310 valence electrons. The van der Waals surface area contributed by atoms with Crippen molar-refractivity contribution < 1.29 is 0 Å². The van der Waals surface area contributed by atoms with Crippen LogP contribution in [0.3, 0.4) is 0 Å². The van der Waals surface area contributed by atoms with Crippen LogP contribution in [0.25, 0.3) is 99.4 Å². The molecule has 0 nitrogen and oxygen atoms in total. The predicted molar refractivity (Wildman–Crippen MR) is 276 cm³/mol. The molecule has 0 N–H and O–H groups in total. The molecule has 0 saturated carbocycles. The molecule has 0 radical (unpaired) electrons. The van der Waals surface area contributed by atoms with Crippen LogP contribution in [-0.4, -0.2) is 0 Å². The summed E-state index contributed by atoms with van der Waals surface area (Å²) in [6.45, 7) is 14.4. The normalized spacial score (nSPS) is 15.3. The highest BCUT2D eigenvalue weighted by Crippen LogP contribution is 2.57. The van der Waals surface area contributed by atoms with Crippen molar-refractivity contribution in [3.63, 3.8) is 0 Å². The fourth-order valence-electron chi connectivity index (χ4n) is 12.5. The Labute approximate surface area is 382 Å². The third-order valence-corrected chi connectivity index (χ3v) is 15.9. The summed E-state index contributed by atoms with van der Waals surface area (Å²) < 4.78 is 0. The minimum Gasteiger partial charge on any atom is -0.0622 e. The van der Waals surface area contributed by atoms with Gasteiger partial charge in [-0.25, -0.2) is 0 Å². The van der Waals surface area contributed by atoms with Crippen LogP contribution in [-0.2, 0) is 16.2 Å². The first-order valence-corrected chi connectivity index (χ1v) is 23.3. The van der Waals surface area contributed by atoms with E-state index < -0.39 is 0 Å². The molecule has 0 aromatic heterocycles. The molecule has 3 aliphatic carbocycles. The van der Waals surface area contributed by atoms with Gasteiger partial charge in [-0.2, -0.15) is 0 Å². The maximum absolute atomic E-state index is 2.59. The summed E-state index contributed by atoms with van der Waals surface area (Å²) in [6.07, 6.45) is 0. The van der Waals surface area contributed by atoms with E-state index in [0.29, 0.717) is 0 Å². The Balaban J connectivity index is 1.17. The fourth-order valence-corrected chi connectivity index (χ4v) is 12.5. The van der Waals surface area contributed by atoms with Crippen molar-refractivity contribution >= 4 is 21.5 Å². The Morgan fingerprint density at radius 3 is 1.12 bits per heavy atom. The summed E-state index contributed by atoms with van der Waals surface area (Å²) in [5.41, 5.74) is 26.1. The number of benzene rings is 10. The third-order valence-electron chi connectivity index (χ3n) is 15.9. The quantitative estimate of drug-likeness (QED) is 0.155. The zero-order chi connectivity index (χ0) is 44.0. The van der Waals surface area contributed by atoms with E-state index in [9.17, 15) is 0 Å². The average Bonchev–Trinajstić information content (AvgIpc) is 3.81. The lowest BCUT2D eigenvalue weighted by atomic mass is 9.77. The van der Waals surface area contributed by atoms with E-state index in [-0.39, 0.29) is 16.2 Å². The molecule has 13 rings (SSSR count). The zero-order valence-electron chi connectivity index (χ0n) is 38.0. The van der Waals surface area contributed by atoms with Crippen LogP contribution in [0.5, 0.6) is 0 Å². The van der Waals surface area contributed by atoms with E-state index in [1.54, 1.807) is 0 Å². The molecule has 3 aliphatic rings. The van der Waals surface area contributed by atoms with Gasteiger partial charge in [-0.15, -0.1) is 0 Å². The summed E-state index contributed by atoms with van der Waals surface area (Å²) in [5.74, 6) is 0. The van der Waals surface area contributed by atoms with Crippen molar-refractivity contribution in [3.8, 4) is 77.9 Å². The number of hydrogen-bond donors (Lipinski definition) is 0. The highest BCUT2D eigenvalue weighted by atomic mass is 14.4. The van der Waals surface area contributed by atoms with Gasteiger partial charge in [-0.1, -0.05) is 205 Å². The third kappa shape index (κ3) is 5.26. The minimum absolute atomic E-state index is 0.124. The highest BCUT2D eigenvalue weighted by Gasteiger charge is 2.39. The molecular formula is C65H50. The molecule has 10 aromatic carbocycles. The Hall–Kier alpha value is -7.28. The summed E-state index contributed by atoms with van der Waals surface area (Å²) in [5, 5.41) is 5.15.